The average Bonchev–Trinajstić information content (AvgIpc) is 2.15. The number of hydrogen-bond donors (Lipinski definition) is 2. The first-order chi connectivity index (χ1) is 7.29. The average molecular weight is 223 g/mol. The monoisotopic (exact) mass is 223 g/mol. The predicted molar refractivity (Wildman–Crippen MR) is 66.6 cm³/mol. The van der Waals surface area contributed by atoms with Crippen molar-refractivity contribution < 1.29 is 10.2 Å². The van der Waals surface area contributed by atoms with Crippen LogP contribution in [0.5, 0.6) is 0 Å². The number of likely N-dealkylation sites (N-methyl/N-ethyl adjacent to an activating group) is 1. The zero-order valence-corrected chi connectivity index (χ0v) is 10.4. The zero-order chi connectivity index (χ0) is 12.3. The molecule has 3 nitrogen and oxygen atoms in total. The largest absolute Gasteiger partial charge is 0.389 e. The van der Waals surface area contributed by atoms with E-state index in [1.165, 1.54) is 0 Å². The van der Waals surface area contributed by atoms with E-state index in [2.05, 4.69) is 0 Å². The molecule has 90 valence electrons. The van der Waals surface area contributed by atoms with Gasteiger partial charge in [0.2, 0.25) is 0 Å². The topological polar surface area (TPSA) is 43.7 Å². The second kappa shape index (κ2) is 4.85. The van der Waals surface area contributed by atoms with E-state index in [1.807, 2.05) is 36.2 Å². The lowest BCUT2D eigenvalue weighted by atomic mass is 10.1. The molecular formula is C13H21NO2. The Hall–Kier alpha value is -1.06. The first-order valence-electron chi connectivity index (χ1n) is 5.51. The van der Waals surface area contributed by atoms with Crippen LogP contribution in [0.25, 0.3) is 0 Å². The molecule has 3 heteroatoms. The van der Waals surface area contributed by atoms with Crippen LogP contribution in [-0.2, 0) is 0 Å². The molecule has 2 N–H and O–H groups in total. The molecule has 1 aromatic rings. The summed E-state index contributed by atoms with van der Waals surface area (Å²) in [5.74, 6) is 0. The Kier molecular flexibility index (Phi) is 3.94. The molecule has 0 radical (unpaired) electrons. The summed E-state index contributed by atoms with van der Waals surface area (Å²) in [7, 11) is 1.94. The second-order valence-electron chi connectivity index (χ2n) is 4.94. The van der Waals surface area contributed by atoms with Gasteiger partial charge in [-0.05, 0) is 38.5 Å². The Morgan fingerprint density at radius 2 is 1.75 bits per heavy atom. The smallest absolute Gasteiger partial charge is 0.0765 e. The third-order valence-corrected chi connectivity index (χ3v) is 2.44. The van der Waals surface area contributed by atoms with Gasteiger partial charge in [0, 0.05) is 19.3 Å². The van der Waals surface area contributed by atoms with Gasteiger partial charge in [-0.3, -0.25) is 0 Å². The molecule has 0 amide bonds. The lowest BCUT2D eigenvalue weighted by Gasteiger charge is -2.27. The summed E-state index contributed by atoms with van der Waals surface area (Å²) >= 11 is 0. The highest BCUT2D eigenvalue weighted by atomic mass is 16.3. The summed E-state index contributed by atoms with van der Waals surface area (Å²) in [5, 5.41) is 19.1. The SMILES string of the molecule is C[C@H](O)c1ccc(N(C)CC(C)(C)O)cc1. The van der Waals surface area contributed by atoms with Crippen molar-refractivity contribution in [3.05, 3.63) is 29.8 Å². The van der Waals surface area contributed by atoms with Crippen LogP contribution >= 0.6 is 0 Å². The van der Waals surface area contributed by atoms with Gasteiger partial charge in [-0.1, -0.05) is 12.1 Å². The highest BCUT2D eigenvalue weighted by Crippen LogP contribution is 2.19. The van der Waals surface area contributed by atoms with Crippen molar-refractivity contribution in [1.82, 2.24) is 0 Å². The Labute approximate surface area is 97.3 Å². The van der Waals surface area contributed by atoms with Crippen LogP contribution < -0.4 is 4.90 Å². The highest BCUT2D eigenvalue weighted by molar-refractivity contribution is 5.47. The van der Waals surface area contributed by atoms with Gasteiger partial charge in [0.15, 0.2) is 0 Å². The summed E-state index contributed by atoms with van der Waals surface area (Å²) in [4.78, 5) is 1.99. The molecule has 0 saturated carbocycles. The van der Waals surface area contributed by atoms with E-state index >= 15 is 0 Å². The van der Waals surface area contributed by atoms with Crippen LogP contribution in [0.2, 0.25) is 0 Å². The molecule has 0 bridgehead atoms. The maximum atomic E-state index is 9.71. The van der Waals surface area contributed by atoms with Crippen molar-refractivity contribution in [1.29, 1.82) is 0 Å². The molecule has 0 unspecified atom stereocenters. The maximum Gasteiger partial charge on any atom is 0.0765 e. The van der Waals surface area contributed by atoms with Gasteiger partial charge in [-0.15, -0.1) is 0 Å². The van der Waals surface area contributed by atoms with Crippen LogP contribution in [0.4, 0.5) is 5.69 Å². The Bertz CT molecular complexity index is 325. The number of benzene rings is 1. The van der Waals surface area contributed by atoms with E-state index in [1.54, 1.807) is 20.8 Å². The molecule has 16 heavy (non-hydrogen) atoms. The van der Waals surface area contributed by atoms with Crippen molar-refractivity contribution in [2.24, 2.45) is 0 Å². The standard InChI is InChI=1S/C13H21NO2/c1-10(15)11-5-7-12(8-6-11)14(4)9-13(2,3)16/h5-8,10,15-16H,9H2,1-4H3/t10-/m0/s1. The van der Waals surface area contributed by atoms with Crippen LogP contribution in [-0.4, -0.2) is 29.4 Å². The fourth-order valence-electron chi connectivity index (χ4n) is 1.68. The lowest BCUT2D eigenvalue weighted by Crippen LogP contribution is -2.36. The number of rotatable bonds is 4. The van der Waals surface area contributed by atoms with Gasteiger partial charge in [0.1, 0.15) is 0 Å². The van der Waals surface area contributed by atoms with E-state index in [-0.39, 0.29) is 0 Å². The molecule has 0 heterocycles. The number of hydrogen-bond acceptors (Lipinski definition) is 3. The van der Waals surface area contributed by atoms with Gasteiger partial charge < -0.3 is 15.1 Å². The Morgan fingerprint density at radius 3 is 2.12 bits per heavy atom. The molecular weight excluding hydrogens is 202 g/mol. The molecule has 0 aromatic heterocycles. The maximum absolute atomic E-state index is 9.71. The Morgan fingerprint density at radius 1 is 1.25 bits per heavy atom. The van der Waals surface area contributed by atoms with Gasteiger partial charge in [0.25, 0.3) is 0 Å². The minimum atomic E-state index is -0.711. The van der Waals surface area contributed by atoms with Crippen LogP contribution in [0.15, 0.2) is 24.3 Å². The fourth-order valence-corrected chi connectivity index (χ4v) is 1.68. The molecule has 0 aliphatic carbocycles. The number of anilines is 1. The van der Waals surface area contributed by atoms with Gasteiger partial charge in [-0.2, -0.15) is 0 Å². The van der Waals surface area contributed by atoms with Crippen molar-refractivity contribution in [3.8, 4) is 0 Å². The molecule has 1 rings (SSSR count). The number of aliphatic hydroxyl groups excluding tert-OH is 1. The van der Waals surface area contributed by atoms with Gasteiger partial charge >= 0.3 is 0 Å². The molecule has 0 aliphatic heterocycles. The molecule has 0 spiro atoms. The van der Waals surface area contributed by atoms with E-state index in [0.29, 0.717) is 6.54 Å². The first kappa shape index (κ1) is 13.0. The van der Waals surface area contributed by atoms with Crippen LogP contribution in [0, 0.1) is 0 Å². The third kappa shape index (κ3) is 3.83. The molecule has 1 aromatic carbocycles. The summed E-state index contributed by atoms with van der Waals surface area (Å²) in [6.07, 6.45) is -0.436. The van der Waals surface area contributed by atoms with Crippen molar-refractivity contribution in [2.75, 3.05) is 18.5 Å². The third-order valence-electron chi connectivity index (χ3n) is 2.44. The van der Waals surface area contributed by atoms with Gasteiger partial charge in [-0.25, -0.2) is 0 Å². The zero-order valence-electron chi connectivity index (χ0n) is 10.4. The minimum Gasteiger partial charge on any atom is -0.389 e. The number of nitrogens with zero attached hydrogens (tertiary/aromatic N) is 1. The lowest BCUT2D eigenvalue weighted by molar-refractivity contribution is 0.0886. The van der Waals surface area contributed by atoms with Crippen molar-refractivity contribution in [2.45, 2.75) is 32.5 Å². The Balaban J connectivity index is 2.74. The molecule has 1 atom stereocenters. The summed E-state index contributed by atoms with van der Waals surface area (Å²) in [6.45, 7) is 5.89. The van der Waals surface area contributed by atoms with E-state index < -0.39 is 11.7 Å². The number of aliphatic hydroxyl groups is 2. The van der Waals surface area contributed by atoms with E-state index in [0.717, 1.165) is 11.3 Å². The molecule has 0 aliphatic rings. The first-order valence-corrected chi connectivity index (χ1v) is 5.51. The van der Waals surface area contributed by atoms with Crippen LogP contribution in [0.1, 0.15) is 32.4 Å². The molecule has 0 saturated heterocycles. The fraction of sp³-hybridized carbons (Fsp3) is 0.538. The van der Waals surface area contributed by atoms with Gasteiger partial charge in [0.05, 0.1) is 11.7 Å². The van der Waals surface area contributed by atoms with E-state index in [4.69, 9.17) is 0 Å². The van der Waals surface area contributed by atoms with Crippen LogP contribution in [0.3, 0.4) is 0 Å². The summed E-state index contributed by atoms with van der Waals surface area (Å²) in [5.41, 5.74) is 1.23. The second-order valence-corrected chi connectivity index (χ2v) is 4.94. The molecule has 0 fully saturated rings. The van der Waals surface area contributed by atoms with Crippen molar-refractivity contribution >= 4 is 5.69 Å². The summed E-state index contributed by atoms with van der Waals surface area (Å²) in [6, 6.07) is 7.71. The van der Waals surface area contributed by atoms with Crippen molar-refractivity contribution in [3.63, 3.8) is 0 Å². The predicted octanol–water partition coefficient (Wildman–Crippen LogP) is 1.95. The quantitative estimate of drug-likeness (QED) is 0.820. The van der Waals surface area contributed by atoms with E-state index in [9.17, 15) is 10.2 Å². The highest BCUT2D eigenvalue weighted by Gasteiger charge is 2.15. The minimum absolute atomic E-state index is 0.436. The normalized spacial score (nSPS) is 13.6. The summed E-state index contributed by atoms with van der Waals surface area (Å²) < 4.78 is 0.